The molecule has 9 heteroatoms. The zero-order valence-electron chi connectivity index (χ0n) is 27.6. The van der Waals surface area contributed by atoms with Crippen molar-refractivity contribution in [1.82, 2.24) is 15.0 Å². The number of piperidine rings is 2. The number of rotatable bonds is 2. The lowest BCUT2D eigenvalue weighted by Gasteiger charge is -2.35. The van der Waals surface area contributed by atoms with Gasteiger partial charge in [0.25, 0.3) is 0 Å². The molecule has 48 heavy (non-hydrogen) atoms. The third-order valence-corrected chi connectivity index (χ3v) is 8.61. The highest BCUT2D eigenvalue weighted by molar-refractivity contribution is 6.30. The van der Waals surface area contributed by atoms with Crippen molar-refractivity contribution in [1.29, 1.82) is 0 Å². The van der Waals surface area contributed by atoms with Crippen LogP contribution in [0.5, 0.6) is 0 Å². The summed E-state index contributed by atoms with van der Waals surface area (Å²) in [6.45, 7) is 9.93. The van der Waals surface area contributed by atoms with E-state index in [0.29, 0.717) is 47.6 Å². The van der Waals surface area contributed by atoms with Gasteiger partial charge in [0.05, 0.1) is 5.02 Å². The number of aromatic nitrogens is 3. The van der Waals surface area contributed by atoms with E-state index in [1.165, 1.54) is 0 Å². The predicted octanol–water partition coefficient (Wildman–Crippen LogP) is 7.97. The number of hydrogen-bond acceptors (Lipinski definition) is 5. The second kappa shape index (κ2) is 15.0. The Morgan fingerprint density at radius 1 is 0.604 bits per heavy atom. The van der Waals surface area contributed by atoms with Gasteiger partial charge >= 0.3 is 0 Å². The molecule has 2 amide bonds. The average Bonchev–Trinajstić information content (AvgIpc) is 3.03. The Kier molecular flexibility index (Phi) is 10.8. The highest BCUT2D eigenvalue weighted by atomic mass is 35.5. The van der Waals surface area contributed by atoms with Crippen LogP contribution in [0.1, 0.15) is 75.6 Å². The topological polar surface area (TPSA) is 79.3 Å². The molecule has 2 aliphatic heterocycles. The number of carbonyl (C=O) groups excluding carboxylic acids is 2. The van der Waals surface area contributed by atoms with Crippen LogP contribution in [0.15, 0.2) is 79.4 Å². The Bertz CT molecular complexity index is 1780. The standard InChI is InChI=1S/C20H19ClN2O.C19H18ClN3O/c1-20(2)10-11-23(19(24)13-20)18-9-8-16(14-22-18)7-6-15-4-3-5-17(21)12-15;1-19(2)7-8-23(18(24)10-19)17-6-5-14(12-22-17)3-4-15-9-16(20)13-21-11-15/h3-5,8-9,12,14H,10-11,13H2,1-2H3;5-6,9,11-13H,7-8,10H2,1-2H3. The molecular formula is C39H37Cl2N5O2. The number of benzene rings is 1. The fourth-order valence-corrected chi connectivity index (χ4v) is 5.69. The Hall–Kier alpha value is -4.69. The molecule has 4 aromatic rings. The van der Waals surface area contributed by atoms with E-state index in [2.05, 4.69) is 66.3 Å². The molecule has 2 aliphatic rings. The Balaban J connectivity index is 0.000000188. The van der Waals surface area contributed by atoms with Gasteiger partial charge in [0.1, 0.15) is 11.6 Å². The third kappa shape index (κ3) is 9.67. The van der Waals surface area contributed by atoms with Gasteiger partial charge in [-0.1, -0.05) is 80.6 Å². The first-order valence-electron chi connectivity index (χ1n) is 15.8. The van der Waals surface area contributed by atoms with Crippen LogP contribution in [-0.2, 0) is 9.59 Å². The number of nitrogens with zero attached hydrogens (tertiary/aromatic N) is 5. The van der Waals surface area contributed by atoms with Gasteiger partial charge in [-0.05, 0) is 72.2 Å². The van der Waals surface area contributed by atoms with Crippen LogP contribution in [0, 0.1) is 34.5 Å². The van der Waals surface area contributed by atoms with Crippen molar-refractivity contribution in [3.05, 3.63) is 112 Å². The Morgan fingerprint density at radius 3 is 1.56 bits per heavy atom. The summed E-state index contributed by atoms with van der Waals surface area (Å²) >= 11 is 11.8. The van der Waals surface area contributed by atoms with Crippen molar-refractivity contribution in [2.45, 2.75) is 53.4 Å². The molecule has 0 radical (unpaired) electrons. The third-order valence-electron chi connectivity index (χ3n) is 8.17. The maximum absolute atomic E-state index is 12.3. The van der Waals surface area contributed by atoms with Gasteiger partial charge in [-0.2, -0.15) is 0 Å². The number of anilines is 2. The normalized spacial score (nSPS) is 16.5. The van der Waals surface area contributed by atoms with E-state index in [0.717, 1.165) is 35.1 Å². The van der Waals surface area contributed by atoms with Crippen LogP contribution >= 0.6 is 23.2 Å². The van der Waals surface area contributed by atoms with E-state index < -0.39 is 0 Å². The van der Waals surface area contributed by atoms with E-state index in [9.17, 15) is 9.59 Å². The number of carbonyl (C=O) groups is 2. The van der Waals surface area contributed by atoms with Crippen LogP contribution in [0.3, 0.4) is 0 Å². The maximum Gasteiger partial charge on any atom is 0.228 e. The second-order valence-electron chi connectivity index (χ2n) is 13.5. The zero-order chi connectivity index (χ0) is 34.3. The molecule has 2 saturated heterocycles. The van der Waals surface area contributed by atoms with Crippen LogP contribution in [-0.4, -0.2) is 39.9 Å². The molecule has 3 aromatic heterocycles. The second-order valence-corrected chi connectivity index (χ2v) is 14.4. The van der Waals surface area contributed by atoms with E-state index in [1.807, 2.05) is 48.5 Å². The summed E-state index contributed by atoms with van der Waals surface area (Å²) in [6, 6.07) is 16.7. The molecule has 0 unspecified atom stereocenters. The largest absolute Gasteiger partial charge is 0.297 e. The summed E-state index contributed by atoms with van der Waals surface area (Å²) in [7, 11) is 0. The number of hydrogen-bond donors (Lipinski definition) is 0. The van der Waals surface area contributed by atoms with Crippen molar-refractivity contribution < 1.29 is 9.59 Å². The number of pyridine rings is 3. The quantitative estimate of drug-likeness (QED) is 0.201. The summed E-state index contributed by atoms with van der Waals surface area (Å²) < 4.78 is 0. The molecule has 7 nitrogen and oxygen atoms in total. The number of halogens is 2. The van der Waals surface area contributed by atoms with Gasteiger partial charge in [0, 0.05) is 78.0 Å². The van der Waals surface area contributed by atoms with Gasteiger partial charge in [-0.3, -0.25) is 24.4 Å². The molecular weight excluding hydrogens is 641 g/mol. The lowest BCUT2D eigenvalue weighted by Crippen LogP contribution is -2.42. The lowest BCUT2D eigenvalue weighted by atomic mass is 9.82. The minimum atomic E-state index is 0.0734. The summed E-state index contributed by atoms with van der Waals surface area (Å²) in [6.07, 6.45) is 9.70. The molecule has 0 bridgehead atoms. The first kappa shape index (κ1) is 34.6. The number of amides is 2. The highest BCUT2D eigenvalue weighted by Crippen LogP contribution is 2.33. The van der Waals surface area contributed by atoms with E-state index in [1.54, 1.807) is 40.7 Å². The molecule has 6 rings (SSSR count). The van der Waals surface area contributed by atoms with Crippen LogP contribution in [0.2, 0.25) is 10.0 Å². The molecule has 5 heterocycles. The maximum atomic E-state index is 12.3. The van der Waals surface area contributed by atoms with Gasteiger partial charge in [-0.15, -0.1) is 0 Å². The smallest absolute Gasteiger partial charge is 0.228 e. The minimum Gasteiger partial charge on any atom is -0.297 e. The van der Waals surface area contributed by atoms with Gasteiger partial charge in [0.2, 0.25) is 11.8 Å². The summed E-state index contributed by atoms with van der Waals surface area (Å²) in [4.78, 5) is 40.9. The van der Waals surface area contributed by atoms with Gasteiger partial charge in [-0.25, -0.2) is 9.97 Å². The molecule has 0 atom stereocenters. The van der Waals surface area contributed by atoms with Crippen molar-refractivity contribution in [3.63, 3.8) is 0 Å². The summed E-state index contributed by atoms with van der Waals surface area (Å²) in [5.41, 5.74) is 3.35. The molecule has 1 aromatic carbocycles. The van der Waals surface area contributed by atoms with Gasteiger partial charge < -0.3 is 0 Å². The molecule has 2 fully saturated rings. The zero-order valence-corrected chi connectivity index (χ0v) is 29.1. The van der Waals surface area contributed by atoms with Crippen LogP contribution < -0.4 is 9.80 Å². The summed E-state index contributed by atoms with van der Waals surface area (Å²) in [5.74, 6) is 13.8. The highest BCUT2D eigenvalue weighted by Gasteiger charge is 2.33. The van der Waals surface area contributed by atoms with Crippen molar-refractivity contribution in [2.75, 3.05) is 22.9 Å². The van der Waals surface area contributed by atoms with Crippen LogP contribution in [0.25, 0.3) is 0 Å². The van der Waals surface area contributed by atoms with Crippen molar-refractivity contribution in [3.8, 4) is 23.7 Å². The molecule has 0 aliphatic carbocycles. The van der Waals surface area contributed by atoms with E-state index >= 15 is 0 Å². The average molecular weight is 679 g/mol. The van der Waals surface area contributed by atoms with Crippen molar-refractivity contribution >= 4 is 46.7 Å². The Labute approximate surface area is 292 Å². The molecule has 0 saturated carbocycles. The monoisotopic (exact) mass is 677 g/mol. The SMILES string of the molecule is CC1(C)CCN(c2ccc(C#Cc3cccc(Cl)c3)cn2)C(=O)C1.CC1(C)CCN(c2ccc(C#Cc3cncc(Cl)c3)cn2)C(=O)C1. The fourth-order valence-electron chi connectivity index (χ4n) is 5.32. The molecule has 0 spiro atoms. The molecule has 0 N–H and O–H groups in total. The summed E-state index contributed by atoms with van der Waals surface area (Å²) in [5, 5.41) is 1.23. The predicted molar refractivity (Wildman–Crippen MR) is 192 cm³/mol. The van der Waals surface area contributed by atoms with Crippen molar-refractivity contribution in [2.24, 2.45) is 10.8 Å². The van der Waals surface area contributed by atoms with E-state index in [4.69, 9.17) is 23.2 Å². The first-order chi connectivity index (χ1) is 22.9. The lowest BCUT2D eigenvalue weighted by molar-refractivity contribution is -0.123. The first-order valence-corrected chi connectivity index (χ1v) is 16.5. The van der Waals surface area contributed by atoms with Gasteiger partial charge in [0.15, 0.2) is 0 Å². The minimum absolute atomic E-state index is 0.0734. The Morgan fingerprint density at radius 2 is 1.10 bits per heavy atom. The molecule has 244 valence electrons. The van der Waals surface area contributed by atoms with Crippen LogP contribution in [0.4, 0.5) is 11.6 Å². The van der Waals surface area contributed by atoms with E-state index in [-0.39, 0.29) is 22.6 Å². The fraction of sp³-hybridized carbons (Fsp3) is 0.308.